The van der Waals surface area contributed by atoms with E-state index in [9.17, 15) is 17.6 Å². The summed E-state index contributed by atoms with van der Waals surface area (Å²) in [4.78, 5) is 14.2. The molecule has 0 radical (unpaired) electrons. The lowest BCUT2D eigenvalue weighted by molar-refractivity contribution is -0.137. The van der Waals surface area contributed by atoms with E-state index in [4.69, 9.17) is 4.74 Å². The van der Waals surface area contributed by atoms with E-state index >= 15 is 0 Å². The number of hydrogen-bond donors (Lipinski definition) is 3. The molecule has 0 spiro atoms. The van der Waals surface area contributed by atoms with Gasteiger partial charge in [0.1, 0.15) is 0 Å². The number of ether oxygens (including phenoxy) is 1. The van der Waals surface area contributed by atoms with Crippen LogP contribution in [0.3, 0.4) is 0 Å². The summed E-state index contributed by atoms with van der Waals surface area (Å²) >= 11 is 0. The van der Waals surface area contributed by atoms with E-state index in [0.29, 0.717) is 49.9 Å². The van der Waals surface area contributed by atoms with Crippen LogP contribution in [0.4, 0.5) is 40.7 Å². The van der Waals surface area contributed by atoms with E-state index in [2.05, 4.69) is 31.1 Å². The third-order valence-electron chi connectivity index (χ3n) is 4.81. The number of nitrogens with zero attached hydrogens (tertiary/aromatic N) is 4. The molecule has 3 heterocycles. The molecule has 174 valence electrons. The van der Waals surface area contributed by atoms with Gasteiger partial charge < -0.3 is 15.0 Å². The van der Waals surface area contributed by atoms with Crippen molar-refractivity contribution in [1.82, 2.24) is 20.4 Å². The number of halogens is 4. The second kappa shape index (κ2) is 9.96. The predicted octanol–water partition coefficient (Wildman–Crippen LogP) is 3.73. The van der Waals surface area contributed by atoms with Gasteiger partial charge in [0.2, 0.25) is 5.95 Å². The van der Waals surface area contributed by atoms with Gasteiger partial charge in [-0.05, 0) is 30.3 Å². The zero-order valence-corrected chi connectivity index (χ0v) is 17.4. The summed E-state index contributed by atoms with van der Waals surface area (Å²) in [5, 5.41) is 2.90. The third kappa shape index (κ3) is 6.05. The van der Waals surface area contributed by atoms with Crippen molar-refractivity contribution in [3.63, 3.8) is 0 Å². The molecule has 1 aromatic carbocycles. The number of nitrogens with one attached hydrogen (secondary N) is 3. The summed E-state index contributed by atoms with van der Waals surface area (Å²) in [5.74, 6) is -0.0885. The average molecular weight is 463 g/mol. The molecule has 1 aliphatic heterocycles. The Labute approximate surface area is 187 Å². The van der Waals surface area contributed by atoms with Gasteiger partial charge in [-0.15, -0.1) is 0 Å². The Kier molecular flexibility index (Phi) is 6.84. The van der Waals surface area contributed by atoms with Crippen LogP contribution in [0.15, 0.2) is 48.8 Å². The smallest absolute Gasteiger partial charge is 0.378 e. The monoisotopic (exact) mass is 463 g/mol. The number of pyridine rings is 1. The highest BCUT2D eigenvalue weighted by Gasteiger charge is 2.30. The Balaban J connectivity index is 1.31. The molecule has 2 aromatic heterocycles. The van der Waals surface area contributed by atoms with Crippen LogP contribution in [0.25, 0.3) is 0 Å². The number of hydrazine groups is 1. The normalized spacial score (nSPS) is 14.2. The Morgan fingerprint density at radius 1 is 1.00 bits per heavy atom. The maximum atomic E-state index is 14.1. The molecule has 0 aliphatic carbocycles. The van der Waals surface area contributed by atoms with Crippen molar-refractivity contribution in [2.24, 2.45) is 0 Å². The summed E-state index contributed by atoms with van der Waals surface area (Å²) in [6.07, 6.45) is -1.79. The Hall–Kier alpha value is -3.51. The van der Waals surface area contributed by atoms with Gasteiger partial charge in [0.05, 0.1) is 49.1 Å². The van der Waals surface area contributed by atoms with E-state index in [-0.39, 0.29) is 11.8 Å². The molecule has 12 heteroatoms. The lowest BCUT2D eigenvalue weighted by Crippen LogP contribution is -2.37. The molecule has 1 fully saturated rings. The minimum Gasteiger partial charge on any atom is -0.378 e. The van der Waals surface area contributed by atoms with Gasteiger partial charge in [0, 0.05) is 18.8 Å². The van der Waals surface area contributed by atoms with E-state index in [1.54, 1.807) is 23.1 Å². The van der Waals surface area contributed by atoms with Gasteiger partial charge >= 0.3 is 6.18 Å². The molecule has 0 amide bonds. The first-order chi connectivity index (χ1) is 15.9. The Bertz CT molecular complexity index is 1070. The standard InChI is InChI=1S/C21H21F4N7O/c22-18-13-27-20(30-19(18)32-6-8-33-9-7-32)31-28-12-16-4-5-17(11-26-16)29-15-3-1-2-14(10-15)21(23,24)25/h1-5,10-11,13,28-29H,6-9,12H2,(H,27,30,31). The zero-order valence-electron chi connectivity index (χ0n) is 17.4. The SMILES string of the molecule is Fc1cnc(NNCc2ccc(Nc3cccc(C(F)(F)F)c3)cn2)nc1N1CCOCC1. The molecule has 3 N–H and O–H groups in total. The van der Waals surface area contributed by atoms with Crippen LogP contribution in [0, 0.1) is 5.82 Å². The highest BCUT2D eigenvalue weighted by Crippen LogP contribution is 2.31. The van der Waals surface area contributed by atoms with Gasteiger partial charge in [0.15, 0.2) is 11.6 Å². The van der Waals surface area contributed by atoms with E-state index in [1.807, 2.05) is 0 Å². The molecule has 3 aromatic rings. The van der Waals surface area contributed by atoms with E-state index < -0.39 is 17.6 Å². The van der Waals surface area contributed by atoms with Crippen LogP contribution in [0.2, 0.25) is 0 Å². The lowest BCUT2D eigenvalue weighted by Gasteiger charge is -2.28. The van der Waals surface area contributed by atoms with Gasteiger partial charge in [-0.25, -0.2) is 14.8 Å². The third-order valence-corrected chi connectivity index (χ3v) is 4.81. The number of hydrogen-bond acceptors (Lipinski definition) is 8. The van der Waals surface area contributed by atoms with Crippen LogP contribution < -0.4 is 21.1 Å². The molecule has 33 heavy (non-hydrogen) atoms. The van der Waals surface area contributed by atoms with Crippen molar-refractivity contribution in [2.75, 3.05) is 41.9 Å². The molecular formula is C21H21F4N7O. The minimum atomic E-state index is -4.41. The topological polar surface area (TPSA) is 87.2 Å². The fraction of sp³-hybridized carbons (Fsp3) is 0.286. The number of alkyl halides is 3. The maximum Gasteiger partial charge on any atom is 0.416 e. The van der Waals surface area contributed by atoms with Crippen LogP contribution >= 0.6 is 0 Å². The molecule has 0 bridgehead atoms. The summed E-state index contributed by atoms with van der Waals surface area (Å²) in [5.41, 5.74) is 6.51. The van der Waals surface area contributed by atoms with Crippen molar-refractivity contribution in [1.29, 1.82) is 0 Å². The highest BCUT2D eigenvalue weighted by molar-refractivity contribution is 5.59. The molecule has 1 aliphatic rings. The molecule has 1 saturated heterocycles. The van der Waals surface area contributed by atoms with Gasteiger partial charge in [-0.1, -0.05) is 6.07 Å². The number of aromatic nitrogens is 3. The van der Waals surface area contributed by atoms with E-state index in [1.165, 1.54) is 12.3 Å². The summed E-state index contributed by atoms with van der Waals surface area (Å²) < 4.78 is 57.9. The van der Waals surface area contributed by atoms with Crippen molar-refractivity contribution in [3.8, 4) is 0 Å². The van der Waals surface area contributed by atoms with E-state index in [0.717, 1.165) is 18.3 Å². The van der Waals surface area contributed by atoms with Crippen molar-refractivity contribution in [3.05, 3.63) is 65.9 Å². The second-order valence-corrected chi connectivity index (χ2v) is 7.18. The molecule has 0 saturated carbocycles. The quantitative estimate of drug-likeness (QED) is 0.361. The second-order valence-electron chi connectivity index (χ2n) is 7.18. The average Bonchev–Trinajstić information content (AvgIpc) is 2.81. The van der Waals surface area contributed by atoms with Crippen molar-refractivity contribution in [2.45, 2.75) is 12.7 Å². The van der Waals surface area contributed by atoms with Crippen LogP contribution in [0.5, 0.6) is 0 Å². The fourth-order valence-electron chi connectivity index (χ4n) is 3.17. The largest absolute Gasteiger partial charge is 0.416 e. The molecule has 4 rings (SSSR count). The number of anilines is 4. The van der Waals surface area contributed by atoms with Gasteiger partial charge in [0.25, 0.3) is 0 Å². The van der Waals surface area contributed by atoms with Gasteiger partial charge in [-0.3, -0.25) is 10.4 Å². The van der Waals surface area contributed by atoms with Crippen LogP contribution in [-0.2, 0) is 17.5 Å². The molecule has 0 atom stereocenters. The lowest BCUT2D eigenvalue weighted by atomic mass is 10.2. The van der Waals surface area contributed by atoms with Crippen LogP contribution in [-0.4, -0.2) is 41.3 Å². The zero-order chi connectivity index (χ0) is 23.3. The first kappa shape index (κ1) is 22.7. The first-order valence-electron chi connectivity index (χ1n) is 10.1. The fourth-order valence-corrected chi connectivity index (χ4v) is 3.17. The van der Waals surface area contributed by atoms with Crippen LogP contribution in [0.1, 0.15) is 11.3 Å². The summed E-state index contributed by atoms with van der Waals surface area (Å²) in [6, 6.07) is 8.35. The van der Waals surface area contributed by atoms with Crippen molar-refractivity contribution < 1.29 is 22.3 Å². The molecule has 8 nitrogen and oxygen atoms in total. The summed E-state index contributed by atoms with van der Waals surface area (Å²) in [6.45, 7) is 2.41. The van der Waals surface area contributed by atoms with Gasteiger partial charge in [-0.2, -0.15) is 18.2 Å². The van der Waals surface area contributed by atoms with Crippen molar-refractivity contribution >= 4 is 23.1 Å². The predicted molar refractivity (Wildman–Crippen MR) is 114 cm³/mol. The first-order valence-corrected chi connectivity index (χ1v) is 10.1. The Morgan fingerprint density at radius 2 is 1.82 bits per heavy atom. The molecule has 0 unspecified atom stereocenters. The number of benzene rings is 1. The highest BCUT2D eigenvalue weighted by atomic mass is 19.4. The molecular weight excluding hydrogens is 442 g/mol. The number of morpholine rings is 1. The Morgan fingerprint density at radius 3 is 2.55 bits per heavy atom. The minimum absolute atomic E-state index is 0.209. The maximum absolute atomic E-state index is 14.1. The summed E-state index contributed by atoms with van der Waals surface area (Å²) in [7, 11) is 0. The number of rotatable bonds is 7.